The van der Waals surface area contributed by atoms with Crippen molar-refractivity contribution in [2.24, 2.45) is 0 Å². The molecule has 1 N–H and O–H groups in total. The predicted octanol–water partition coefficient (Wildman–Crippen LogP) is 2.68. The van der Waals surface area contributed by atoms with Gasteiger partial charge in [0.15, 0.2) is 0 Å². The standard InChI is InChI=1S/C14H14N2O/c1-3-4-8-15-14-13-6-5-12(17-2)10-11(13)7-9-16-14/h1,5-7,9-10H,4,8H2,2H3,(H,15,16). The number of anilines is 1. The molecule has 0 amide bonds. The number of pyridine rings is 1. The zero-order valence-electron chi connectivity index (χ0n) is 9.73. The molecule has 86 valence electrons. The largest absolute Gasteiger partial charge is 0.497 e. The first-order chi connectivity index (χ1) is 8.35. The van der Waals surface area contributed by atoms with Crippen LogP contribution in [0.25, 0.3) is 10.8 Å². The quantitative estimate of drug-likeness (QED) is 0.643. The monoisotopic (exact) mass is 226 g/mol. The number of benzene rings is 1. The maximum Gasteiger partial charge on any atom is 0.133 e. The zero-order valence-corrected chi connectivity index (χ0v) is 9.73. The van der Waals surface area contributed by atoms with Crippen molar-refractivity contribution in [1.82, 2.24) is 4.98 Å². The van der Waals surface area contributed by atoms with E-state index in [2.05, 4.69) is 16.2 Å². The highest BCUT2D eigenvalue weighted by molar-refractivity contribution is 5.92. The summed E-state index contributed by atoms with van der Waals surface area (Å²) >= 11 is 0. The Hall–Kier alpha value is -2.21. The molecule has 1 aromatic carbocycles. The maximum absolute atomic E-state index is 5.22. The molecule has 2 aromatic rings. The van der Waals surface area contributed by atoms with Crippen LogP contribution < -0.4 is 10.1 Å². The van der Waals surface area contributed by atoms with Crippen molar-refractivity contribution in [3.63, 3.8) is 0 Å². The average molecular weight is 226 g/mol. The molecule has 0 aliphatic heterocycles. The molecule has 0 saturated carbocycles. The van der Waals surface area contributed by atoms with Crippen molar-refractivity contribution in [2.45, 2.75) is 6.42 Å². The summed E-state index contributed by atoms with van der Waals surface area (Å²) < 4.78 is 5.19. The summed E-state index contributed by atoms with van der Waals surface area (Å²) in [6, 6.07) is 7.88. The highest BCUT2D eigenvalue weighted by Gasteiger charge is 2.02. The van der Waals surface area contributed by atoms with Crippen LogP contribution in [0, 0.1) is 12.3 Å². The number of ether oxygens (including phenoxy) is 1. The lowest BCUT2D eigenvalue weighted by Gasteiger charge is -2.08. The summed E-state index contributed by atoms with van der Waals surface area (Å²) in [5.74, 6) is 4.30. The van der Waals surface area contributed by atoms with Gasteiger partial charge in [0.1, 0.15) is 11.6 Å². The third kappa shape index (κ3) is 2.48. The molecule has 17 heavy (non-hydrogen) atoms. The molecule has 0 aliphatic carbocycles. The van der Waals surface area contributed by atoms with Gasteiger partial charge in [-0.15, -0.1) is 12.3 Å². The second-order valence-corrected chi connectivity index (χ2v) is 3.63. The molecule has 2 rings (SSSR count). The maximum atomic E-state index is 5.22. The van der Waals surface area contributed by atoms with Crippen LogP contribution in [0.15, 0.2) is 30.5 Å². The average Bonchev–Trinajstić information content (AvgIpc) is 2.38. The van der Waals surface area contributed by atoms with Gasteiger partial charge in [0.25, 0.3) is 0 Å². The van der Waals surface area contributed by atoms with E-state index in [1.807, 2.05) is 24.3 Å². The van der Waals surface area contributed by atoms with Gasteiger partial charge in [-0.25, -0.2) is 4.98 Å². The Labute approximate surface area is 101 Å². The number of hydrogen-bond donors (Lipinski definition) is 1. The molecular formula is C14H14N2O. The van der Waals surface area contributed by atoms with Gasteiger partial charge in [-0.1, -0.05) is 0 Å². The smallest absolute Gasteiger partial charge is 0.133 e. The molecule has 0 unspecified atom stereocenters. The molecule has 0 aliphatic rings. The lowest BCUT2D eigenvalue weighted by molar-refractivity contribution is 0.415. The van der Waals surface area contributed by atoms with Gasteiger partial charge in [-0.05, 0) is 29.7 Å². The SMILES string of the molecule is C#CCCNc1nccc2cc(OC)ccc12. The van der Waals surface area contributed by atoms with E-state index in [-0.39, 0.29) is 0 Å². The summed E-state index contributed by atoms with van der Waals surface area (Å²) in [4.78, 5) is 4.31. The van der Waals surface area contributed by atoms with Crippen LogP contribution in [-0.2, 0) is 0 Å². The van der Waals surface area contributed by atoms with Crippen LogP contribution in [-0.4, -0.2) is 18.6 Å². The molecular weight excluding hydrogens is 212 g/mol. The van der Waals surface area contributed by atoms with E-state index >= 15 is 0 Å². The first kappa shape index (κ1) is 11.3. The van der Waals surface area contributed by atoms with Crippen molar-refractivity contribution >= 4 is 16.6 Å². The number of terminal acetylenes is 1. The Morgan fingerprint density at radius 2 is 2.29 bits per heavy atom. The zero-order chi connectivity index (χ0) is 12.1. The van der Waals surface area contributed by atoms with Gasteiger partial charge in [-0.3, -0.25) is 0 Å². The number of fused-ring (bicyclic) bond motifs is 1. The molecule has 0 fully saturated rings. The molecule has 0 saturated heterocycles. The van der Waals surface area contributed by atoms with Crippen LogP contribution in [0.2, 0.25) is 0 Å². The molecule has 0 radical (unpaired) electrons. The molecule has 3 heteroatoms. The minimum atomic E-state index is 0.689. The fraction of sp³-hybridized carbons (Fsp3) is 0.214. The Balaban J connectivity index is 2.34. The number of nitrogens with one attached hydrogen (secondary N) is 1. The molecule has 3 nitrogen and oxygen atoms in total. The van der Waals surface area contributed by atoms with Gasteiger partial charge >= 0.3 is 0 Å². The lowest BCUT2D eigenvalue weighted by Crippen LogP contribution is -2.02. The fourth-order valence-corrected chi connectivity index (χ4v) is 1.68. The third-order valence-corrected chi connectivity index (χ3v) is 2.53. The number of rotatable bonds is 4. The summed E-state index contributed by atoms with van der Waals surface area (Å²) in [6.07, 6.45) is 7.68. The van der Waals surface area contributed by atoms with E-state index < -0.39 is 0 Å². The van der Waals surface area contributed by atoms with Gasteiger partial charge in [-0.2, -0.15) is 0 Å². The van der Waals surface area contributed by atoms with Crippen LogP contribution >= 0.6 is 0 Å². The molecule has 1 aromatic heterocycles. The van der Waals surface area contributed by atoms with Crippen LogP contribution in [0.1, 0.15) is 6.42 Å². The van der Waals surface area contributed by atoms with E-state index in [0.29, 0.717) is 6.42 Å². The van der Waals surface area contributed by atoms with E-state index in [1.54, 1.807) is 13.3 Å². The van der Waals surface area contributed by atoms with E-state index in [9.17, 15) is 0 Å². The van der Waals surface area contributed by atoms with Crippen molar-refractivity contribution in [3.8, 4) is 18.1 Å². The molecule has 0 spiro atoms. The van der Waals surface area contributed by atoms with Gasteiger partial charge in [0.05, 0.1) is 7.11 Å². The molecule has 0 bridgehead atoms. The van der Waals surface area contributed by atoms with Crippen LogP contribution in [0.3, 0.4) is 0 Å². The van der Waals surface area contributed by atoms with Crippen molar-refractivity contribution in [2.75, 3.05) is 19.0 Å². The first-order valence-electron chi connectivity index (χ1n) is 5.45. The highest BCUT2D eigenvalue weighted by atomic mass is 16.5. The van der Waals surface area contributed by atoms with Crippen LogP contribution in [0.5, 0.6) is 5.75 Å². The Bertz CT molecular complexity index is 558. The number of aromatic nitrogens is 1. The number of methoxy groups -OCH3 is 1. The molecule has 1 heterocycles. The van der Waals surface area contributed by atoms with Gasteiger partial charge in [0, 0.05) is 24.5 Å². The summed E-state index contributed by atoms with van der Waals surface area (Å²) in [7, 11) is 1.66. The molecule has 0 atom stereocenters. The third-order valence-electron chi connectivity index (χ3n) is 2.53. The predicted molar refractivity (Wildman–Crippen MR) is 70.2 cm³/mol. The van der Waals surface area contributed by atoms with Gasteiger partial charge < -0.3 is 10.1 Å². The minimum absolute atomic E-state index is 0.689. The topological polar surface area (TPSA) is 34.2 Å². The number of hydrogen-bond acceptors (Lipinski definition) is 3. The van der Waals surface area contributed by atoms with Crippen molar-refractivity contribution < 1.29 is 4.74 Å². The van der Waals surface area contributed by atoms with Crippen LogP contribution in [0.4, 0.5) is 5.82 Å². The van der Waals surface area contributed by atoms with E-state index in [4.69, 9.17) is 11.2 Å². The number of nitrogens with zero attached hydrogens (tertiary/aromatic N) is 1. The fourth-order valence-electron chi connectivity index (χ4n) is 1.68. The summed E-state index contributed by atoms with van der Waals surface area (Å²) in [5.41, 5.74) is 0. The Kier molecular flexibility index (Phi) is 3.46. The van der Waals surface area contributed by atoms with E-state index in [0.717, 1.165) is 28.9 Å². The van der Waals surface area contributed by atoms with E-state index in [1.165, 1.54) is 0 Å². The summed E-state index contributed by atoms with van der Waals surface area (Å²) in [6.45, 7) is 0.731. The second kappa shape index (κ2) is 5.22. The second-order valence-electron chi connectivity index (χ2n) is 3.63. The summed E-state index contributed by atoms with van der Waals surface area (Å²) in [5, 5.41) is 5.41. The van der Waals surface area contributed by atoms with Gasteiger partial charge in [0.2, 0.25) is 0 Å². The minimum Gasteiger partial charge on any atom is -0.497 e. The highest BCUT2D eigenvalue weighted by Crippen LogP contribution is 2.25. The Morgan fingerprint density at radius 3 is 3.06 bits per heavy atom. The van der Waals surface area contributed by atoms with Crippen molar-refractivity contribution in [1.29, 1.82) is 0 Å². The normalized spacial score (nSPS) is 9.88. The first-order valence-corrected chi connectivity index (χ1v) is 5.45. The Morgan fingerprint density at radius 1 is 1.41 bits per heavy atom. The van der Waals surface area contributed by atoms with Crippen molar-refractivity contribution in [3.05, 3.63) is 30.5 Å². The lowest BCUT2D eigenvalue weighted by atomic mass is 10.1.